The molecule has 0 bridgehead atoms. The molecule has 0 heterocycles. The standard InChI is InChI=1S/C9H9NO/c10-7-6-8-2-1-3-9(11)5-4-8/h1-2,4-5,11H,3,6H2. The van der Waals surface area contributed by atoms with Gasteiger partial charge >= 0.3 is 0 Å². The predicted molar refractivity (Wildman–Crippen MR) is 42.8 cm³/mol. The third-order valence-corrected chi connectivity index (χ3v) is 1.43. The van der Waals surface area contributed by atoms with Crippen LogP contribution >= 0.6 is 0 Å². The average molecular weight is 147 g/mol. The highest BCUT2D eigenvalue weighted by Gasteiger charge is 1.95. The lowest BCUT2D eigenvalue weighted by Gasteiger charge is -1.87. The van der Waals surface area contributed by atoms with Crippen molar-refractivity contribution in [3.05, 3.63) is 35.6 Å². The first kappa shape index (κ1) is 7.62. The zero-order valence-electron chi connectivity index (χ0n) is 6.12. The van der Waals surface area contributed by atoms with Gasteiger partial charge in [0.05, 0.1) is 18.2 Å². The molecule has 0 fully saturated rings. The quantitative estimate of drug-likeness (QED) is 0.618. The van der Waals surface area contributed by atoms with Crippen molar-refractivity contribution in [3.63, 3.8) is 0 Å². The Hall–Kier alpha value is -1.49. The van der Waals surface area contributed by atoms with E-state index in [4.69, 9.17) is 10.4 Å². The molecule has 0 aromatic heterocycles. The molecule has 1 N–H and O–H groups in total. The number of nitriles is 1. The number of nitrogens with zero attached hydrogens (tertiary/aromatic N) is 1. The van der Waals surface area contributed by atoms with Gasteiger partial charge in [-0.1, -0.05) is 18.2 Å². The maximum absolute atomic E-state index is 9.06. The normalized spacial score (nSPS) is 16.3. The summed E-state index contributed by atoms with van der Waals surface area (Å²) in [6.45, 7) is 0. The van der Waals surface area contributed by atoms with Gasteiger partial charge in [0.25, 0.3) is 0 Å². The van der Waals surface area contributed by atoms with Crippen molar-refractivity contribution in [2.45, 2.75) is 12.8 Å². The summed E-state index contributed by atoms with van der Waals surface area (Å²) in [6, 6.07) is 2.05. The first-order valence-electron chi connectivity index (χ1n) is 3.45. The first-order chi connectivity index (χ1) is 5.33. The molecule has 2 heteroatoms. The molecular formula is C9H9NO. The maximum atomic E-state index is 9.06. The van der Waals surface area contributed by atoms with Gasteiger partial charge < -0.3 is 5.11 Å². The molecule has 0 radical (unpaired) electrons. The second kappa shape index (κ2) is 3.62. The predicted octanol–water partition coefficient (Wildman–Crippen LogP) is 2.23. The lowest BCUT2D eigenvalue weighted by atomic mass is 10.2. The summed E-state index contributed by atoms with van der Waals surface area (Å²) in [4.78, 5) is 0. The van der Waals surface area contributed by atoms with Crippen molar-refractivity contribution in [2.75, 3.05) is 0 Å². The van der Waals surface area contributed by atoms with Crippen LogP contribution in [-0.4, -0.2) is 5.11 Å². The molecule has 0 aromatic rings. The van der Waals surface area contributed by atoms with Crippen LogP contribution in [0.1, 0.15) is 12.8 Å². The van der Waals surface area contributed by atoms with E-state index in [2.05, 4.69) is 0 Å². The molecule has 2 nitrogen and oxygen atoms in total. The Labute approximate surface area is 65.8 Å². The minimum Gasteiger partial charge on any atom is -0.512 e. The van der Waals surface area contributed by atoms with Crippen LogP contribution in [0.4, 0.5) is 0 Å². The molecule has 0 aromatic carbocycles. The number of hydrogen-bond donors (Lipinski definition) is 1. The highest BCUT2D eigenvalue weighted by molar-refractivity contribution is 5.30. The molecule has 0 atom stereocenters. The van der Waals surface area contributed by atoms with Gasteiger partial charge in [0.1, 0.15) is 0 Å². The van der Waals surface area contributed by atoms with Crippen molar-refractivity contribution in [2.24, 2.45) is 0 Å². The number of rotatable bonds is 1. The minimum atomic E-state index is 0.342. The lowest BCUT2D eigenvalue weighted by Crippen LogP contribution is -1.72. The Kier molecular flexibility index (Phi) is 2.51. The summed E-state index contributed by atoms with van der Waals surface area (Å²) in [5, 5.41) is 17.4. The molecule has 11 heavy (non-hydrogen) atoms. The molecule has 1 aliphatic carbocycles. The largest absolute Gasteiger partial charge is 0.512 e. The zero-order chi connectivity index (χ0) is 8.10. The Morgan fingerprint density at radius 3 is 3.09 bits per heavy atom. The summed E-state index contributed by atoms with van der Waals surface area (Å²) in [6.07, 6.45) is 8.07. The van der Waals surface area contributed by atoms with Crippen LogP contribution in [0.25, 0.3) is 0 Å². The van der Waals surface area contributed by atoms with Gasteiger partial charge in [0.2, 0.25) is 0 Å². The summed E-state index contributed by atoms with van der Waals surface area (Å²) in [7, 11) is 0. The van der Waals surface area contributed by atoms with E-state index in [1.54, 1.807) is 12.2 Å². The molecule has 1 aliphatic rings. The molecule has 0 amide bonds. The maximum Gasteiger partial charge on any atom is 0.0960 e. The van der Waals surface area contributed by atoms with E-state index in [0.717, 1.165) is 5.57 Å². The van der Waals surface area contributed by atoms with Crippen molar-refractivity contribution in [3.8, 4) is 6.07 Å². The molecular weight excluding hydrogens is 138 g/mol. The average Bonchev–Trinajstić information content (AvgIpc) is 2.17. The molecule has 0 saturated carbocycles. The summed E-state index contributed by atoms with van der Waals surface area (Å²) in [5.74, 6) is 0.342. The van der Waals surface area contributed by atoms with Gasteiger partial charge in [-0.2, -0.15) is 5.26 Å². The highest BCUT2D eigenvalue weighted by atomic mass is 16.3. The van der Waals surface area contributed by atoms with E-state index in [0.29, 0.717) is 18.6 Å². The SMILES string of the molecule is N#CCC1=CC=C(O)CC=C1. The van der Waals surface area contributed by atoms with E-state index in [1.165, 1.54) is 0 Å². The van der Waals surface area contributed by atoms with Gasteiger partial charge in [-0.05, 0) is 11.6 Å². The van der Waals surface area contributed by atoms with Crippen molar-refractivity contribution in [1.82, 2.24) is 0 Å². The smallest absolute Gasteiger partial charge is 0.0960 e. The summed E-state index contributed by atoms with van der Waals surface area (Å²) >= 11 is 0. The fraction of sp³-hybridized carbons (Fsp3) is 0.222. The van der Waals surface area contributed by atoms with Crippen LogP contribution in [0, 0.1) is 11.3 Å². The molecule has 0 saturated heterocycles. The van der Waals surface area contributed by atoms with Gasteiger partial charge in [-0.15, -0.1) is 0 Å². The summed E-state index contributed by atoms with van der Waals surface area (Å²) < 4.78 is 0. The number of allylic oxidation sites excluding steroid dienone is 5. The lowest BCUT2D eigenvalue weighted by molar-refractivity contribution is 0.402. The third kappa shape index (κ3) is 2.30. The van der Waals surface area contributed by atoms with E-state index in [9.17, 15) is 0 Å². The van der Waals surface area contributed by atoms with E-state index < -0.39 is 0 Å². The van der Waals surface area contributed by atoms with Crippen LogP contribution in [0.5, 0.6) is 0 Å². The Balaban J connectivity index is 2.74. The van der Waals surface area contributed by atoms with Crippen molar-refractivity contribution in [1.29, 1.82) is 5.26 Å². The van der Waals surface area contributed by atoms with Crippen LogP contribution in [0.3, 0.4) is 0 Å². The number of aliphatic hydroxyl groups excluding tert-OH is 1. The van der Waals surface area contributed by atoms with Gasteiger partial charge in [-0.25, -0.2) is 0 Å². The minimum absolute atomic E-state index is 0.342. The molecule has 0 aliphatic heterocycles. The number of hydrogen-bond acceptors (Lipinski definition) is 2. The highest BCUT2D eigenvalue weighted by Crippen LogP contribution is 2.10. The first-order valence-corrected chi connectivity index (χ1v) is 3.45. The van der Waals surface area contributed by atoms with E-state index in [-0.39, 0.29) is 0 Å². The fourth-order valence-corrected chi connectivity index (χ4v) is 0.867. The van der Waals surface area contributed by atoms with Gasteiger partial charge in [0.15, 0.2) is 0 Å². The van der Waals surface area contributed by atoms with E-state index in [1.807, 2.05) is 18.2 Å². The Morgan fingerprint density at radius 2 is 2.36 bits per heavy atom. The Morgan fingerprint density at radius 1 is 1.55 bits per heavy atom. The topological polar surface area (TPSA) is 44.0 Å². The van der Waals surface area contributed by atoms with Crippen LogP contribution in [0.2, 0.25) is 0 Å². The molecule has 56 valence electrons. The third-order valence-electron chi connectivity index (χ3n) is 1.43. The van der Waals surface area contributed by atoms with Crippen LogP contribution in [-0.2, 0) is 0 Å². The fourth-order valence-electron chi connectivity index (χ4n) is 0.867. The van der Waals surface area contributed by atoms with E-state index >= 15 is 0 Å². The van der Waals surface area contributed by atoms with Crippen molar-refractivity contribution < 1.29 is 5.11 Å². The molecule has 0 spiro atoms. The molecule has 0 unspecified atom stereocenters. The van der Waals surface area contributed by atoms with Crippen LogP contribution in [0.15, 0.2) is 35.6 Å². The number of aliphatic hydroxyl groups is 1. The van der Waals surface area contributed by atoms with Crippen molar-refractivity contribution >= 4 is 0 Å². The van der Waals surface area contributed by atoms with Crippen LogP contribution < -0.4 is 0 Å². The second-order valence-corrected chi connectivity index (χ2v) is 2.34. The zero-order valence-corrected chi connectivity index (χ0v) is 6.12. The monoisotopic (exact) mass is 147 g/mol. The summed E-state index contributed by atoms with van der Waals surface area (Å²) in [5.41, 5.74) is 0.941. The van der Waals surface area contributed by atoms with Gasteiger partial charge in [0, 0.05) is 6.42 Å². The Bertz CT molecular complexity index is 266. The second-order valence-electron chi connectivity index (χ2n) is 2.34. The molecule has 1 rings (SSSR count). The van der Waals surface area contributed by atoms with Gasteiger partial charge in [-0.3, -0.25) is 0 Å².